The average Bonchev–Trinajstić information content (AvgIpc) is 1.91. The van der Waals surface area contributed by atoms with Crippen LogP contribution in [0.1, 0.15) is 13.3 Å². The molecule has 0 aromatic carbocycles. The Morgan fingerprint density at radius 1 is 1.78 bits per heavy atom. The second-order valence-corrected chi connectivity index (χ2v) is 1.77. The maximum absolute atomic E-state index is 8.36. The molecule has 1 unspecified atom stereocenters. The molecule has 2 N–H and O–H groups in total. The van der Waals surface area contributed by atoms with Gasteiger partial charge in [-0.3, -0.25) is 5.32 Å². The SMILES string of the molecule is CCC(C#N)NCCO. The van der Waals surface area contributed by atoms with E-state index < -0.39 is 0 Å². The molecule has 0 rings (SSSR count). The number of aliphatic hydroxyl groups is 1. The topological polar surface area (TPSA) is 56.0 Å². The maximum atomic E-state index is 8.36. The van der Waals surface area contributed by atoms with Gasteiger partial charge in [-0.05, 0) is 6.42 Å². The Morgan fingerprint density at radius 2 is 2.44 bits per heavy atom. The second kappa shape index (κ2) is 5.54. The lowest BCUT2D eigenvalue weighted by Gasteiger charge is -2.05. The van der Waals surface area contributed by atoms with Crippen LogP contribution in [0, 0.1) is 11.3 Å². The van der Waals surface area contributed by atoms with Gasteiger partial charge in [0.1, 0.15) is 0 Å². The smallest absolute Gasteiger partial charge is 0.0951 e. The van der Waals surface area contributed by atoms with Crippen molar-refractivity contribution in [1.29, 1.82) is 5.26 Å². The van der Waals surface area contributed by atoms with Gasteiger partial charge in [-0.2, -0.15) is 5.26 Å². The molecule has 9 heavy (non-hydrogen) atoms. The quantitative estimate of drug-likeness (QED) is 0.554. The molecule has 0 aromatic heterocycles. The van der Waals surface area contributed by atoms with Gasteiger partial charge >= 0.3 is 0 Å². The molecule has 3 nitrogen and oxygen atoms in total. The van der Waals surface area contributed by atoms with Gasteiger partial charge in [0.15, 0.2) is 0 Å². The van der Waals surface area contributed by atoms with Crippen LogP contribution in [0.25, 0.3) is 0 Å². The summed E-state index contributed by atoms with van der Waals surface area (Å²) in [6.07, 6.45) is 0.788. The van der Waals surface area contributed by atoms with E-state index in [1.165, 1.54) is 0 Å². The van der Waals surface area contributed by atoms with E-state index >= 15 is 0 Å². The monoisotopic (exact) mass is 128 g/mol. The van der Waals surface area contributed by atoms with Crippen molar-refractivity contribution in [1.82, 2.24) is 5.32 Å². The number of nitriles is 1. The summed E-state index contributed by atoms with van der Waals surface area (Å²) >= 11 is 0. The van der Waals surface area contributed by atoms with Crippen LogP contribution in [0.3, 0.4) is 0 Å². The molecule has 0 aliphatic heterocycles. The van der Waals surface area contributed by atoms with Crippen LogP contribution in [0.15, 0.2) is 0 Å². The minimum absolute atomic E-state index is 0.0954. The largest absolute Gasteiger partial charge is 0.395 e. The van der Waals surface area contributed by atoms with Crippen molar-refractivity contribution in [3.63, 3.8) is 0 Å². The zero-order valence-corrected chi connectivity index (χ0v) is 5.59. The predicted octanol–water partition coefficient (Wildman–Crippen LogP) is -0.130. The average molecular weight is 128 g/mol. The van der Waals surface area contributed by atoms with E-state index in [2.05, 4.69) is 11.4 Å². The number of nitrogens with one attached hydrogen (secondary N) is 1. The highest BCUT2D eigenvalue weighted by molar-refractivity contribution is 4.87. The minimum atomic E-state index is -0.0999. The van der Waals surface area contributed by atoms with Crippen molar-refractivity contribution in [2.24, 2.45) is 0 Å². The van der Waals surface area contributed by atoms with E-state index in [0.717, 1.165) is 6.42 Å². The zero-order valence-electron chi connectivity index (χ0n) is 5.59. The Bertz CT molecular complexity index is 97.7. The summed E-state index contributed by atoms with van der Waals surface area (Å²) in [6.45, 7) is 2.53. The summed E-state index contributed by atoms with van der Waals surface area (Å²) < 4.78 is 0. The van der Waals surface area contributed by atoms with E-state index in [1.54, 1.807) is 0 Å². The van der Waals surface area contributed by atoms with Crippen LogP contribution in [0.2, 0.25) is 0 Å². The van der Waals surface area contributed by atoms with E-state index in [1.807, 2.05) is 6.92 Å². The Kier molecular flexibility index (Phi) is 5.18. The molecular weight excluding hydrogens is 116 g/mol. The summed E-state index contributed by atoms with van der Waals surface area (Å²) in [5.41, 5.74) is 0. The first-order chi connectivity index (χ1) is 4.35. The third-order valence-corrected chi connectivity index (χ3v) is 1.07. The van der Waals surface area contributed by atoms with Gasteiger partial charge in [0.05, 0.1) is 18.7 Å². The minimum Gasteiger partial charge on any atom is -0.395 e. The number of nitrogens with zero attached hydrogens (tertiary/aromatic N) is 1. The zero-order chi connectivity index (χ0) is 7.11. The highest BCUT2D eigenvalue weighted by atomic mass is 16.3. The number of rotatable bonds is 4. The van der Waals surface area contributed by atoms with E-state index in [9.17, 15) is 0 Å². The standard InChI is InChI=1S/C6H12N2O/c1-2-6(5-7)8-3-4-9/h6,8-9H,2-4H2,1H3. The number of aliphatic hydroxyl groups excluding tert-OH is 1. The molecule has 0 fully saturated rings. The maximum Gasteiger partial charge on any atom is 0.0951 e. The van der Waals surface area contributed by atoms with Gasteiger partial charge in [-0.25, -0.2) is 0 Å². The highest BCUT2D eigenvalue weighted by Gasteiger charge is 1.99. The van der Waals surface area contributed by atoms with Gasteiger partial charge in [0.2, 0.25) is 0 Å². The summed E-state index contributed by atoms with van der Waals surface area (Å²) in [5.74, 6) is 0. The first kappa shape index (κ1) is 8.41. The molecule has 52 valence electrons. The molecule has 1 atom stereocenters. The molecule has 0 saturated carbocycles. The third kappa shape index (κ3) is 3.95. The molecule has 0 saturated heterocycles. The van der Waals surface area contributed by atoms with Crippen molar-refractivity contribution in [3.05, 3.63) is 0 Å². The molecule has 0 heterocycles. The first-order valence-corrected chi connectivity index (χ1v) is 3.09. The molecule has 0 bridgehead atoms. The molecule has 0 radical (unpaired) electrons. The van der Waals surface area contributed by atoms with Crippen molar-refractivity contribution in [3.8, 4) is 6.07 Å². The van der Waals surface area contributed by atoms with Gasteiger partial charge < -0.3 is 5.11 Å². The summed E-state index contributed by atoms with van der Waals surface area (Å²) in [6, 6.07) is 1.96. The highest BCUT2D eigenvalue weighted by Crippen LogP contribution is 1.85. The summed E-state index contributed by atoms with van der Waals surface area (Å²) in [4.78, 5) is 0. The molecule has 0 amide bonds. The van der Waals surface area contributed by atoms with Crippen LogP contribution in [0.4, 0.5) is 0 Å². The lowest BCUT2D eigenvalue weighted by Crippen LogP contribution is -2.29. The third-order valence-electron chi connectivity index (χ3n) is 1.07. The van der Waals surface area contributed by atoms with Crippen molar-refractivity contribution >= 4 is 0 Å². The number of hydrogen-bond acceptors (Lipinski definition) is 3. The van der Waals surface area contributed by atoms with Crippen LogP contribution in [0.5, 0.6) is 0 Å². The van der Waals surface area contributed by atoms with Crippen LogP contribution < -0.4 is 5.32 Å². The van der Waals surface area contributed by atoms with Crippen LogP contribution in [-0.2, 0) is 0 Å². The Labute approximate surface area is 55.3 Å². The van der Waals surface area contributed by atoms with Crippen LogP contribution in [-0.4, -0.2) is 24.3 Å². The predicted molar refractivity (Wildman–Crippen MR) is 34.8 cm³/mol. The lowest BCUT2D eigenvalue weighted by atomic mass is 10.2. The Morgan fingerprint density at radius 3 is 2.78 bits per heavy atom. The molecule has 0 spiro atoms. The fourth-order valence-electron chi connectivity index (χ4n) is 0.520. The molecular formula is C6H12N2O. The summed E-state index contributed by atoms with van der Waals surface area (Å²) in [7, 11) is 0. The van der Waals surface area contributed by atoms with Crippen molar-refractivity contribution in [2.45, 2.75) is 19.4 Å². The normalized spacial score (nSPS) is 12.6. The van der Waals surface area contributed by atoms with E-state index in [-0.39, 0.29) is 12.6 Å². The molecule has 0 aliphatic carbocycles. The van der Waals surface area contributed by atoms with Gasteiger partial charge in [-0.1, -0.05) is 6.92 Å². The lowest BCUT2D eigenvalue weighted by molar-refractivity contribution is 0.288. The van der Waals surface area contributed by atoms with E-state index in [4.69, 9.17) is 10.4 Å². The van der Waals surface area contributed by atoms with Gasteiger partial charge in [0, 0.05) is 6.54 Å². The van der Waals surface area contributed by atoms with Crippen LogP contribution >= 0.6 is 0 Å². The molecule has 0 aromatic rings. The fourth-order valence-corrected chi connectivity index (χ4v) is 0.520. The Hall–Kier alpha value is -0.590. The number of hydrogen-bond donors (Lipinski definition) is 2. The molecule has 3 heteroatoms. The fraction of sp³-hybridized carbons (Fsp3) is 0.833. The van der Waals surface area contributed by atoms with E-state index in [0.29, 0.717) is 6.54 Å². The molecule has 0 aliphatic rings. The van der Waals surface area contributed by atoms with Crippen molar-refractivity contribution < 1.29 is 5.11 Å². The van der Waals surface area contributed by atoms with Crippen molar-refractivity contribution in [2.75, 3.05) is 13.2 Å². The van der Waals surface area contributed by atoms with Gasteiger partial charge in [0.25, 0.3) is 0 Å². The second-order valence-electron chi connectivity index (χ2n) is 1.77. The summed E-state index contributed by atoms with van der Waals surface area (Å²) in [5, 5.41) is 19.6. The van der Waals surface area contributed by atoms with Gasteiger partial charge in [-0.15, -0.1) is 0 Å². The Balaban J connectivity index is 3.23. The first-order valence-electron chi connectivity index (χ1n) is 3.09.